The molecule has 0 radical (unpaired) electrons. The average molecular weight is 377 g/mol. The molecule has 4 nitrogen and oxygen atoms in total. The molecule has 4 saturated carbocycles. The molecule has 0 amide bonds. The van der Waals surface area contributed by atoms with Crippen LogP contribution < -0.4 is 0 Å². The third-order valence-corrected chi connectivity index (χ3v) is 9.51. The van der Waals surface area contributed by atoms with Crippen LogP contribution in [0, 0.1) is 40.4 Å². The second-order valence-corrected chi connectivity index (χ2v) is 10.5. The molecule has 0 aromatic heterocycles. The Balaban J connectivity index is 1.71. The van der Waals surface area contributed by atoms with Crippen molar-refractivity contribution in [2.24, 2.45) is 40.4 Å². The SMILES string of the molecule is CC(=O)O[C@H]1C[C@H]2[C@@H](CC[C@H]3C[C@@H](O)CC[C@@]32C)[C@@H]2CC[C@H](C(C)=O)[C@@]12C. The lowest BCUT2D eigenvalue weighted by molar-refractivity contribution is -0.194. The first-order valence-corrected chi connectivity index (χ1v) is 11.0. The van der Waals surface area contributed by atoms with Crippen molar-refractivity contribution in [1.82, 2.24) is 0 Å². The van der Waals surface area contributed by atoms with Crippen molar-refractivity contribution in [3.05, 3.63) is 0 Å². The summed E-state index contributed by atoms with van der Waals surface area (Å²) in [7, 11) is 0. The summed E-state index contributed by atoms with van der Waals surface area (Å²) in [6.45, 7) is 7.89. The number of aliphatic hydroxyl groups is 1. The molecule has 0 saturated heterocycles. The number of ether oxygens (including phenoxy) is 1. The summed E-state index contributed by atoms with van der Waals surface area (Å²) in [5, 5.41) is 10.2. The molecule has 0 unspecified atom stereocenters. The van der Waals surface area contributed by atoms with Crippen molar-refractivity contribution < 1.29 is 19.4 Å². The molecule has 0 aromatic carbocycles. The Morgan fingerprint density at radius 2 is 1.70 bits per heavy atom. The molecule has 152 valence electrons. The Kier molecular flexibility index (Phi) is 4.73. The number of rotatable bonds is 2. The van der Waals surface area contributed by atoms with Crippen molar-refractivity contribution in [1.29, 1.82) is 0 Å². The highest BCUT2D eigenvalue weighted by molar-refractivity contribution is 5.80. The monoisotopic (exact) mass is 376 g/mol. The number of fused-ring (bicyclic) bond motifs is 5. The van der Waals surface area contributed by atoms with Crippen LogP contribution in [0.4, 0.5) is 0 Å². The Morgan fingerprint density at radius 3 is 2.37 bits per heavy atom. The van der Waals surface area contributed by atoms with E-state index in [0.29, 0.717) is 23.7 Å². The highest BCUT2D eigenvalue weighted by Crippen LogP contribution is 2.68. The number of hydrogen-bond donors (Lipinski definition) is 1. The van der Waals surface area contributed by atoms with Crippen LogP contribution in [0.3, 0.4) is 0 Å². The van der Waals surface area contributed by atoms with E-state index in [0.717, 1.165) is 38.5 Å². The quantitative estimate of drug-likeness (QED) is 0.736. The molecule has 0 spiro atoms. The van der Waals surface area contributed by atoms with Crippen molar-refractivity contribution in [3.8, 4) is 0 Å². The van der Waals surface area contributed by atoms with Crippen LogP contribution in [-0.2, 0) is 14.3 Å². The molecule has 0 heterocycles. The van der Waals surface area contributed by atoms with Gasteiger partial charge in [0.1, 0.15) is 11.9 Å². The fourth-order valence-corrected chi connectivity index (χ4v) is 8.21. The minimum Gasteiger partial charge on any atom is -0.462 e. The first-order valence-electron chi connectivity index (χ1n) is 11.0. The lowest BCUT2D eigenvalue weighted by Gasteiger charge is -2.62. The second kappa shape index (κ2) is 6.57. The molecule has 9 atom stereocenters. The lowest BCUT2D eigenvalue weighted by atomic mass is 9.44. The zero-order valence-electron chi connectivity index (χ0n) is 17.4. The molecule has 4 aliphatic carbocycles. The maximum atomic E-state index is 12.5. The van der Waals surface area contributed by atoms with Crippen molar-refractivity contribution in [2.75, 3.05) is 0 Å². The highest BCUT2D eigenvalue weighted by atomic mass is 16.5. The van der Waals surface area contributed by atoms with Gasteiger partial charge in [-0.05, 0) is 87.4 Å². The van der Waals surface area contributed by atoms with Gasteiger partial charge in [0.2, 0.25) is 0 Å². The molecule has 0 aromatic rings. The van der Waals surface area contributed by atoms with E-state index in [4.69, 9.17) is 4.74 Å². The van der Waals surface area contributed by atoms with E-state index in [9.17, 15) is 14.7 Å². The van der Waals surface area contributed by atoms with Crippen LogP contribution in [-0.4, -0.2) is 29.1 Å². The minimum absolute atomic E-state index is 0.0199. The second-order valence-electron chi connectivity index (χ2n) is 10.5. The van der Waals surface area contributed by atoms with Gasteiger partial charge in [0.25, 0.3) is 0 Å². The van der Waals surface area contributed by atoms with Crippen LogP contribution in [0.15, 0.2) is 0 Å². The normalized spacial score (nSPS) is 51.7. The maximum Gasteiger partial charge on any atom is 0.302 e. The molecule has 4 rings (SSSR count). The van der Waals surface area contributed by atoms with Crippen molar-refractivity contribution in [3.63, 3.8) is 0 Å². The predicted molar refractivity (Wildman–Crippen MR) is 103 cm³/mol. The van der Waals surface area contributed by atoms with Gasteiger partial charge in [0.15, 0.2) is 0 Å². The average Bonchev–Trinajstić information content (AvgIpc) is 2.95. The maximum absolute atomic E-state index is 12.5. The van der Waals surface area contributed by atoms with E-state index < -0.39 is 0 Å². The zero-order valence-corrected chi connectivity index (χ0v) is 17.4. The summed E-state index contributed by atoms with van der Waals surface area (Å²) < 4.78 is 5.94. The number of aliphatic hydroxyl groups excluding tert-OH is 1. The van der Waals surface area contributed by atoms with Gasteiger partial charge in [-0.3, -0.25) is 9.59 Å². The Labute approximate surface area is 163 Å². The van der Waals surface area contributed by atoms with E-state index in [-0.39, 0.29) is 40.7 Å². The third-order valence-electron chi connectivity index (χ3n) is 9.51. The van der Waals surface area contributed by atoms with Crippen molar-refractivity contribution >= 4 is 11.8 Å². The van der Waals surface area contributed by atoms with Gasteiger partial charge >= 0.3 is 5.97 Å². The van der Waals surface area contributed by atoms with Gasteiger partial charge in [-0.25, -0.2) is 0 Å². The summed E-state index contributed by atoms with van der Waals surface area (Å²) in [5.74, 6) is 2.28. The summed E-state index contributed by atoms with van der Waals surface area (Å²) in [6.07, 6.45) is 7.92. The topological polar surface area (TPSA) is 63.6 Å². The Hall–Kier alpha value is -0.900. The Morgan fingerprint density at radius 1 is 0.963 bits per heavy atom. The molecule has 4 aliphatic rings. The molecule has 4 heteroatoms. The first kappa shape index (κ1) is 19.4. The fourth-order valence-electron chi connectivity index (χ4n) is 8.21. The summed E-state index contributed by atoms with van der Waals surface area (Å²) in [6, 6.07) is 0. The van der Waals surface area contributed by atoms with E-state index in [1.165, 1.54) is 19.8 Å². The summed E-state index contributed by atoms with van der Waals surface area (Å²) in [5.41, 5.74) is 0.0201. The van der Waals surface area contributed by atoms with Gasteiger partial charge < -0.3 is 9.84 Å². The lowest BCUT2D eigenvalue weighted by Crippen LogP contribution is -2.59. The van der Waals surface area contributed by atoms with Crippen LogP contribution in [0.5, 0.6) is 0 Å². The molecular formula is C23H36O4. The number of Topliss-reactive ketones (excluding diaryl/α,β-unsaturated/α-hetero) is 1. The van der Waals surface area contributed by atoms with Gasteiger partial charge in [-0.1, -0.05) is 13.8 Å². The predicted octanol–water partition coefficient (Wildman–Crippen LogP) is 4.14. The number of carbonyl (C=O) groups is 2. The minimum atomic E-state index is -0.218. The van der Waals surface area contributed by atoms with Gasteiger partial charge in [-0.15, -0.1) is 0 Å². The van der Waals surface area contributed by atoms with E-state index >= 15 is 0 Å². The molecule has 0 aliphatic heterocycles. The first-order chi connectivity index (χ1) is 12.7. The molecular weight excluding hydrogens is 340 g/mol. The zero-order chi connectivity index (χ0) is 19.6. The van der Waals surface area contributed by atoms with Gasteiger partial charge in [-0.2, -0.15) is 0 Å². The summed E-state index contributed by atoms with van der Waals surface area (Å²) in [4.78, 5) is 24.4. The number of carbonyl (C=O) groups excluding carboxylic acids is 2. The van der Waals surface area contributed by atoms with E-state index in [2.05, 4.69) is 13.8 Å². The van der Waals surface area contributed by atoms with Crippen LogP contribution in [0.2, 0.25) is 0 Å². The summed E-state index contributed by atoms with van der Waals surface area (Å²) >= 11 is 0. The van der Waals surface area contributed by atoms with Gasteiger partial charge in [0.05, 0.1) is 6.10 Å². The van der Waals surface area contributed by atoms with Gasteiger partial charge in [0, 0.05) is 18.3 Å². The molecule has 1 N–H and O–H groups in total. The Bertz CT molecular complexity index is 630. The standard InChI is InChI=1S/C23H36O4/c1-13(24)18-7-8-19-17-6-5-15-11-16(26)9-10-22(15,3)20(17)12-21(23(18,19)4)27-14(2)25/h15-21,26H,5-12H2,1-4H3/t15-,16-,17-,18+,19-,20-,21-,22-,23+/m0/s1. The number of ketones is 1. The molecule has 0 bridgehead atoms. The molecule has 4 fully saturated rings. The fraction of sp³-hybridized carbons (Fsp3) is 0.913. The number of esters is 1. The van der Waals surface area contributed by atoms with Crippen LogP contribution in [0.1, 0.15) is 79.1 Å². The van der Waals surface area contributed by atoms with Crippen LogP contribution in [0.25, 0.3) is 0 Å². The third kappa shape index (κ3) is 2.81. The smallest absolute Gasteiger partial charge is 0.302 e. The van der Waals surface area contributed by atoms with E-state index in [1.54, 1.807) is 6.92 Å². The largest absolute Gasteiger partial charge is 0.462 e. The van der Waals surface area contributed by atoms with Crippen molar-refractivity contribution in [2.45, 2.75) is 91.3 Å². The number of hydrogen-bond acceptors (Lipinski definition) is 4. The van der Waals surface area contributed by atoms with E-state index in [1.807, 2.05) is 0 Å². The molecule has 27 heavy (non-hydrogen) atoms. The van der Waals surface area contributed by atoms with Crippen LogP contribution >= 0.6 is 0 Å². The highest BCUT2D eigenvalue weighted by Gasteiger charge is 2.65.